The summed E-state index contributed by atoms with van der Waals surface area (Å²) in [5.74, 6) is -0.00699. The summed E-state index contributed by atoms with van der Waals surface area (Å²) >= 11 is 0. The zero-order chi connectivity index (χ0) is 21.7. The summed E-state index contributed by atoms with van der Waals surface area (Å²) in [6.45, 7) is 6.09. The zero-order valence-corrected chi connectivity index (χ0v) is 18.2. The molecule has 0 aromatic carbocycles. The third-order valence-electron chi connectivity index (χ3n) is 5.07. The highest BCUT2D eigenvalue weighted by Crippen LogP contribution is 2.47. The average molecular weight is 443 g/mol. The Balaban J connectivity index is 1.61. The molecule has 0 saturated carbocycles. The molecule has 1 aliphatic rings. The van der Waals surface area contributed by atoms with Gasteiger partial charge < -0.3 is 29.6 Å². The van der Waals surface area contributed by atoms with Gasteiger partial charge in [-0.3, -0.25) is 19.2 Å². The fourth-order valence-electron chi connectivity index (χ4n) is 3.74. The molecule has 0 radical (unpaired) electrons. The van der Waals surface area contributed by atoms with Crippen LogP contribution in [0, 0.1) is 5.92 Å². The number of rotatable bonds is 11. The van der Waals surface area contributed by atoms with Crippen molar-refractivity contribution in [1.29, 1.82) is 0 Å². The van der Waals surface area contributed by atoms with E-state index in [1.54, 1.807) is 20.0 Å². The fraction of sp³-hybridized carbons (Fsp3) is 0.667. The highest BCUT2D eigenvalue weighted by atomic mass is 31.2. The van der Waals surface area contributed by atoms with E-state index < -0.39 is 7.60 Å². The van der Waals surface area contributed by atoms with Crippen LogP contribution < -0.4 is 11.3 Å². The maximum absolute atomic E-state index is 12.6. The van der Waals surface area contributed by atoms with E-state index in [4.69, 9.17) is 19.5 Å². The van der Waals surface area contributed by atoms with E-state index in [1.165, 1.54) is 0 Å². The van der Waals surface area contributed by atoms with Crippen molar-refractivity contribution in [2.75, 3.05) is 51.4 Å². The second-order valence-electron chi connectivity index (χ2n) is 7.20. The van der Waals surface area contributed by atoms with Crippen molar-refractivity contribution in [1.82, 2.24) is 19.9 Å². The molecule has 2 aromatic rings. The molecular formula is C18H30N5O6P. The molecule has 1 aliphatic heterocycles. The second-order valence-corrected chi connectivity index (χ2v) is 9.39. The van der Waals surface area contributed by atoms with Crippen LogP contribution >= 0.6 is 7.60 Å². The van der Waals surface area contributed by atoms with Crippen LogP contribution in [0.15, 0.2) is 11.0 Å². The van der Waals surface area contributed by atoms with Crippen LogP contribution in [-0.2, 0) is 24.9 Å². The summed E-state index contributed by atoms with van der Waals surface area (Å²) in [4.78, 5) is 23.7. The van der Waals surface area contributed by atoms with Gasteiger partial charge in [-0.1, -0.05) is 0 Å². The van der Waals surface area contributed by atoms with E-state index in [0.717, 1.165) is 5.56 Å². The molecule has 3 heterocycles. The van der Waals surface area contributed by atoms with Crippen LogP contribution in [0.3, 0.4) is 0 Å². The highest BCUT2D eigenvalue weighted by molar-refractivity contribution is 7.53. The highest BCUT2D eigenvalue weighted by Gasteiger charge is 2.34. The van der Waals surface area contributed by atoms with Crippen molar-refractivity contribution < 1.29 is 23.5 Å². The van der Waals surface area contributed by atoms with Crippen molar-refractivity contribution in [2.24, 2.45) is 5.92 Å². The lowest BCUT2D eigenvalue weighted by Gasteiger charge is -2.20. The summed E-state index contributed by atoms with van der Waals surface area (Å²) in [5, 5.41) is 9.76. The van der Waals surface area contributed by atoms with Crippen molar-refractivity contribution >= 4 is 24.6 Å². The van der Waals surface area contributed by atoms with Gasteiger partial charge in [0.2, 0.25) is 5.95 Å². The van der Waals surface area contributed by atoms with Gasteiger partial charge in [0.05, 0.1) is 32.1 Å². The molecule has 0 spiro atoms. The van der Waals surface area contributed by atoms with Crippen LogP contribution in [0.2, 0.25) is 0 Å². The van der Waals surface area contributed by atoms with Gasteiger partial charge in [-0.05, 0) is 13.8 Å². The van der Waals surface area contributed by atoms with Gasteiger partial charge in [0.25, 0.3) is 5.56 Å². The minimum atomic E-state index is -3.16. The summed E-state index contributed by atoms with van der Waals surface area (Å²) in [6.07, 6.45) is 1.70. The Morgan fingerprint density at radius 3 is 2.73 bits per heavy atom. The first-order valence-corrected chi connectivity index (χ1v) is 11.8. The molecule has 2 unspecified atom stereocenters. The maximum atomic E-state index is 12.6. The molecule has 5 N–H and O–H groups in total. The first-order valence-electron chi connectivity index (χ1n) is 10.1. The maximum Gasteiger partial charge on any atom is 0.332 e. The lowest BCUT2D eigenvalue weighted by molar-refractivity contribution is 0.0248. The van der Waals surface area contributed by atoms with Crippen LogP contribution in [0.25, 0.3) is 11.0 Å². The van der Waals surface area contributed by atoms with Crippen LogP contribution in [-0.4, -0.2) is 76.7 Å². The predicted molar refractivity (Wildman–Crippen MR) is 112 cm³/mol. The lowest BCUT2D eigenvalue weighted by atomic mass is 10.1. The number of nitrogens with zero attached hydrogens (tertiary/aromatic N) is 2. The minimum absolute atomic E-state index is 0.0193. The summed E-state index contributed by atoms with van der Waals surface area (Å²) in [5.41, 5.74) is 7.12. The number of ether oxygens (including phenoxy) is 1. The second kappa shape index (κ2) is 10.0. The number of hydrogen-bond donors (Lipinski definition) is 4. The number of nitrogens with two attached hydrogens (primary N) is 1. The summed E-state index contributed by atoms with van der Waals surface area (Å²) < 4.78 is 29.1. The van der Waals surface area contributed by atoms with Crippen molar-refractivity contribution in [2.45, 2.75) is 26.5 Å². The molecule has 1 fully saturated rings. The molecule has 12 heteroatoms. The molecular weight excluding hydrogens is 413 g/mol. The molecule has 2 aromatic heterocycles. The number of likely N-dealkylation sites (tertiary alicyclic amines) is 1. The first kappa shape index (κ1) is 22.9. The van der Waals surface area contributed by atoms with E-state index in [2.05, 4.69) is 19.9 Å². The quantitative estimate of drug-likeness (QED) is 0.371. The molecule has 11 nitrogen and oxygen atoms in total. The van der Waals surface area contributed by atoms with E-state index in [-0.39, 0.29) is 42.9 Å². The van der Waals surface area contributed by atoms with E-state index in [9.17, 15) is 14.5 Å². The van der Waals surface area contributed by atoms with Crippen LogP contribution in [0.4, 0.5) is 5.95 Å². The number of aliphatic hydroxyl groups is 1. The molecule has 2 atom stereocenters. The number of anilines is 1. The largest absolute Gasteiger partial charge is 0.396 e. The van der Waals surface area contributed by atoms with Crippen LogP contribution in [0.1, 0.15) is 19.4 Å². The third-order valence-corrected chi connectivity index (χ3v) is 7.10. The van der Waals surface area contributed by atoms with Crippen molar-refractivity contribution in [3.05, 3.63) is 22.1 Å². The Morgan fingerprint density at radius 2 is 2.07 bits per heavy atom. The zero-order valence-electron chi connectivity index (χ0n) is 17.3. The predicted octanol–water partition coefficient (Wildman–Crippen LogP) is 0.909. The Bertz CT molecular complexity index is 937. The third kappa shape index (κ3) is 5.29. The Labute approximate surface area is 174 Å². The number of hydrogen-bond acceptors (Lipinski definition) is 9. The SMILES string of the molecule is CCOP(=O)(CCOC1CN(Cc2c[nH]c3c(=O)[nH]c(N)nc23)CC1CO)OCC. The molecule has 0 amide bonds. The van der Waals surface area contributed by atoms with Gasteiger partial charge in [0.1, 0.15) is 11.0 Å². The fourth-order valence-corrected chi connectivity index (χ4v) is 5.19. The molecule has 0 bridgehead atoms. The molecule has 30 heavy (non-hydrogen) atoms. The van der Waals surface area contributed by atoms with Gasteiger partial charge in [0.15, 0.2) is 0 Å². The van der Waals surface area contributed by atoms with E-state index in [0.29, 0.717) is 43.9 Å². The van der Waals surface area contributed by atoms with Gasteiger partial charge in [0, 0.05) is 43.9 Å². The number of nitrogens with one attached hydrogen (secondary N) is 2. The number of H-pyrrole nitrogens is 2. The standard InChI is InChI=1S/C18H30N5O6P/c1-3-28-30(26,29-4-2)6-5-27-14-10-23(9-13(14)11-24)8-12-7-20-16-15(12)21-18(19)22-17(16)25/h7,13-14,20,24H,3-6,8-11H2,1-2H3,(H3,19,21,22,25). The van der Waals surface area contributed by atoms with Gasteiger partial charge in [-0.15, -0.1) is 0 Å². The van der Waals surface area contributed by atoms with Crippen molar-refractivity contribution in [3.63, 3.8) is 0 Å². The van der Waals surface area contributed by atoms with E-state index in [1.807, 2.05) is 0 Å². The lowest BCUT2D eigenvalue weighted by Crippen LogP contribution is -2.27. The van der Waals surface area contributed by atoms with Gasteiger partial charge in [-0.25, -0.2) is 4.98 Å². The number of aliphatic hydroxyl groups excluding tert-OH is 1. The molecule has 0 aliphatic carbocycles. The first-order chi connectivity index (χ1) is 14.4. The smallest absolute Gasteiger partial charge is 0.332 e. The Morgan fingerprint density at radius 1 is 1.33 bits per heavy atom. The minimum Gasteiger partial charge on any atom is -0.396 e. The number of aromatic nitrogens is 3. The molecule has 3 rings (SSSR count). The monoisotopic (exact) mass is 443 g/mol. The topological polar surface area (TPSA) is 156 Å². The summed E-state index contributed by atoms with van der Waals surface area (Å²) in [6, 6.07) is 0. The summed E-state index contributed by atoms with van der Waals surface area (Å²) in [7, 11) is -3.16. The van der Waals surface area contributed by atoms with Crippen LogP contribution in [0.5, 0.6) is 0 Å². The molecule has 1 saturated heterocycles. The van der Waals surface area contributed by atoms with Gasteiger partial charge >= 0.3 is 7.60 Å². The number of aromatic amines is 2. The normalized spacial score (nSPS) is 20.4. The average Bonchev–Trinajstić information content (AvgIpc) is 3.26. The van der Waals surface area contributed by atoms with Crippen molar-refractivity contribution in [3.8, 4) is 0 Å². The van der Waals surface area contributed by atoms with Gasteiger partial charge in [-0.2, -0.15) is 0 Å². The number of nitrogen functional groups attached to an aromatic ring is 1. The molecule has 168 valence electrons. The Hall–Kier alpha value is -1.75. The Kier molecular flexibility index (Phi) is 7.67. The number of fused-ring (bicyclic) bond motifs is 1. The van der Waals surface area contributed by atoms with E-state index >= 15 is 0 Å².